The Kier molecular flexibility index (Phi) is 6.73. The van der Waals surface area contributed by atoms with Crippen molar-refractivity contribution >= 4 is 29.2 Å². The summed E-state index contributed by atoms with van der Waals surface area (Å²) in [5.74, 6) is 0.0442. The fourth-order valence-electron chi connectivity index (χ4n) is 4.80. The lowest BCUT2D eigenvalue weighted by molar-refractivity contribution is -0.145. The zero-order valence-electron chi connectivity index (χ0n) is 18.4. The van der Waals surface area contributed by atoms with Gasteiger partial charge in [-0.2, -0.15) is 0 Å². The van der Waals surface area contributed by atoms with Crippen molar-refractivity contribution in [3.05, 3.63) is 60.2 Å². The lowest BCUT2D eigenvalue weighted by Gasteiger charge is -2.48. The summed E-state index contributed by atoms with van der Waals surface area (Å²) < 4.78 is 0. The first kappa shape index (κ1) is 21.9. The van der Waals surface area contributed by atoms with Gasteiger partial charge in [0, 0.05) is 12.1 Å². The van der Waals surface area contributed by atoms with Crippen LogP contribution in [0.5, 0.6) is 0 Å². The Balaban J connectivity index is 1.51. The van der Waals surface area contributed by atoms with E-state index in [0.29, 0.717) is 23.7 Å². The van der Waals surface area contributed by atoms with Crippen molar-refractivity contribution in [2.75, 3.05) is 16.9 Å². The van der Waals surface area contributed by atoms with E-state index >= 15 is 0 Å². The zero-order chi connectivity index (χ0) is 22.5. The van der Waals surface area contributed by atoms with Gasteiger partial charge in [0.2, 0.25) is 5.91 Å². The Bertz CT molecular complexity index is 978. The van der Waals surface area contributed by atoms with Crippen LogP contribution in [0.15, 0.2) is 54.6 Å². The average molecular weight is 435 g/mol. The molecule has 1 saturated carbocycles. The van der Waals surface area contributed by atoms with Crippen molar-refractivity contribution in [1.29, 1.82) is 0 Å². The number of nitrogens with zero attached hydrogens (tertiary/aromatic N) is 2. The summed E-state index contributed by atoms with van der Waals surface area (Å²) in [5, 5.41) is 8.55. The van der Waals surface area contributed by atoms with Gasteiger partial charge < -0.3 is 10.6 Å². The Morgan fingerprint density at radius 1 is 1.03 bits per heavy atom. The fourth-order valence-corrected chi connectivity index (χ4v) is 4.80. The van der Waals surface area contributed by atoms with Gasteiger partial charge in [0.15, 0.2) is 0 Å². The number of hydrogen-bond acceptors (Lipinski definition) is 3. The van der Waals surface area contributed by atoms with Crippen molar-refractivity contribution < 1.29 is 14.4 Å². The first-order chi connectivity index (χ1) is 15.5. The molecule has 168 valence electrons. The van der Waals surface area contributed by atoms with Crippen LogP contribution in [0.3, 0.4) is 0 Å². The van der Waals surface area contributed by atoms with Crippen molar-refractivity contribution in [2.24, 2.45) is 5.92 Å². The topological polar surface area (TPSA) is 81.8 Å². The number of fused-ring (bicyclic) bond motifs is 1. The van der Waals surface area contributed by atoms with Crippen LogP contribution >= 0.6 is 0 Å². The lowest BCUT2D eigenvalue weighted by atomic mass is 9.79. The number of urea groups is 1. The van der Waals surface area contributed by atoms with Gasteiger partial charge in [-0.1, -0.05) is 43.2 Å². The van der Waals surface area contributed by atoms with Crippen LogP contribution in [0.2, 0.25) is 0 Å². The van der Waals surface area contributed by atoms with Gasteiger partial charge in [0.05, 0.1) is 11.7 Å². The third kappa shape index (κ3) is 4.93. The highest BCUT2D eigenvalue weighted by Crippen LogP contribution is 2.37. The first-order valence-electron chi connectivity index (χ1n) is 11.3. The molecular formula is C25H30N4O3. The second-order valence-corrected chi connectivity index (χ2v) is 8.61. The van der Waals surface area contributed by atoms with Crippen molar-refractivity contribution in [1.82, 2.24) is 10.3 Å². The number of piperidine rings is 1. The smallest absolute Gasteiger partial charge is 0.319 e. The minimum Gasteiger partial charge on any atom is -0.329 e. The van der Waals surface area contributed by atoms with Crippen LogP contribution in [0.25, 0.3) is 0 Å². The Labute approximate surface area is 188 Å². The predicted octanol–water partition coefficient (Wildman–Crippen LogP) is 4.25. The number of carbonyl (C=O) groups excluding carboxylic acids is 3. The van der Waals surface area contributed by atoms with E-state index < -0.39 is 6.03 Å². The standard InChI is InChI=1S/C25H30N4O3/c1-18-8-7-10-20(16-18)27-25(32)26-17-24(31)28(21-11-3-2-4-12-21)29-22-13-6-5-9-19(22)14-15-23(29)30/h2-4,7-8,10-12,16,19,22H,5-6,9,13-15,17H2,1H3,(H2,26,27,32). The van der Waals surface area contributed by atoms with Crippen LogP contribution in [0.4, 0.5) is 16.2 Å². The molecule has 2 unspecified atom stereocenters. The van der Waals surface area contributed by atoms with Crippen LogP contribution in [-0.4, -0.2) is 35.4 Å². The number of hydrogen-bond donors (Lipinski definition) is 2. The third-order valence-electron chi connectivity index (χ3n) is 6.30. The highest BCUT2D eigenvalue weighted by Gasteiger charge is 2.42. The van der Waals surface area contributed by atoms with Crippen LogP contribution in [0.1, 0.15) is 44.1 Å². The number of hydrazine groups is 1. The van der Waals surface area contributed by atoms with Gasteiger partial charge in [-0.15, -0.1) is 0 Å². The minimum atomic E-state index is -0.461. The molecule has 32 heavy (non-hydrogen) atoms. The third-order valence-corrected chi connectivity index (χ3v) is 6.30. The van der Waals surface area contributed by atoms with Crippen LogP contribution < -0.4 is 15.6 Å². The molecule has 2 aromatic carbocycles. The Hall–Kier alpha value is -3.35. The maximum Gasteiger partial charge on any atom is 0.319 e. The number of aryl methyl sites for hydroxylation is 1. The second kappa shape index (κ2) is 9.85. The summed E-state index contributed by atoms with van der Waals surface area (Å²) in [6.07, 6.45) is 5.53. The molecule has 1 saturated heterocycles. The van der Waals surface area contributed by atoms with Gasteiger partial charge in [-0.3, -0.25) is 9.59 Å². The number of rotatable bonds is 5. The maximum absolute atomic E-state index is 13.4. The van der Waals surface area contributed by atoms with E-state index in [0.717, 1.165) is 31.2 Å². The van der Waals surface area contributed by atoms with E-state index in [1.165, 1.54) is 11.4 Å². The van der Waals surface area contributed by atoms with E-state index in [1.54, 1.807) is 11.1 Å². The first-order valence-corrected chi connectivity index (χ1v) is 11.3. The van der Waals surface area contributed by atoms with E-state index in [1.807, 2.05) is 55.5 Å². The molecule has 0 spiro atoms. The quantitative estimate of drug-likeness (QED) is 0.738. The van der Waals surface area contributed by atoms with Crippen molar-refractivity contribution in [3.8, 4) is 0 Å². The SMILES string of the molecule is Cc1cccc(NC(=O)NCC(=O)N(c2ccccc2)N2C(=O)CCC3CCCCC32)c1. The number of anilines is 2. The molecule has 1 heterocycles. The van der Waals surface area contributed by atoms with E-state index in [-0.39, 0.29) is 24.4 Å². The average Bonchev–Trinajstić information content (AvgIpc) is 2.80. The minimum absolute atomic E-state index is 0.0234. The molecule has 0 aromatic heterocycles. The number of carbonyl (C=O) groups is 3. The van der Waals surface area contributed by atoms with Crippen LogP contribution in [0, 0.1) is 12.8 Å². The number of nitrogens with one attached hydrogen (secondary N) is 2. The van der Waals surface area contributed by atoms with Gasteiger partial charge in [0.1, 0.15) is 6.54 Å². The molecule has 1 aliphatic carbocycles. The fraction of sp³-hybridized carbons (Fsp3) is 0.400. The molecule has 2 fully saturated rings. The Morgan fingerprint density at radius 3 is 2.59 bits per heavy atom. The largest absolute Gasteiger partial charge is 0.329 e. The highest BCUT2D eigenvalue weighted by molar-refractivity contribution is 6.00. The van der Waals surface area contributed by atoms with Gasteiger partial charge in [-0.05, 0) is 61.9 Å². The van der Waals surface area contributed by atoms with E-state index in [2.05, 4.69) is 10.6 Å². The molecule has 2 aromatic rings. The number of amides is 4. The summed E-state index contributed by atoms with van der Waals surface area (Å²) in [6, 6.07) is 16.2. The molecule has 7 heteroatoms. The molecule has 1 aliphatic heterocycles. The highest BCUT2D eigenvalue weighted by atomic mass is 16.2. The molecule has 2 N–H and O–H groups in total. The summed E-state index contributed by atoms with van der Waals surface area (Å²) in [7, 11) is 0. The van der Waals surface area contributed by atoms with Gasteiger partial charge in [0.25, 0.3) is 5.91 Å². The zero-order valence-corrected chi connectivity index (χ0v) is 18.4. The monoisotopic (exact) mass is 434 g/mol. The molecule has 0 radical (unpaired) electrons. The molecule has 4 rings (SSSR count). The van der Waals surface area contributed by atoms with Crippen molar-refractivity contribution in [2.45, 2.75) is 51.5 Å². The van der Waals surface area contributed by atoms with E-state index in [9.17, 15) is 14.4 Å². The Morgan fingerprint density at radius 2 is 1.81 bits per heavy atom. The maximum atomic E-state index is 13.4. The summed E-state index contributed by atoms with van der Waals surface area (Å²) >= 11 is 0. The summed E-state index contributed by atoms with van der Waals surface area (Å²) in [5.41, 5.74) is 2.32. The lowest BCUT2D eigenvalue weighted by Crippen LogP contribution is -2.61. The second-order valence-electron chi connectivity index (χ2n) is 8.61. The molecule has 2 atom stereocenters. The van der Waals surface area contributed by atoms with Gasteiger partial charge >= 0.3 is 6.03 Å². The van der Waals surface area contributed by atoms with Crippen molar-refractivity contribution in [3.63, 3.8) is 0 Å². The normalized spacial score (nSPS) is 20.3. The molecular weight excluding hydrogens is 404 g/mol. The summed E-state index contributed by atoms with van der Waals surface area (Å²) in [6.45, 7) is 1.73. The summed E-state index contributed by atoms with van der Waals surface area (Å²) in [4.78, 5) is 38.8. The van der Waals surface area contributed by atoms with Crippen LogP contribution in [-0.2, 0) is 9.59 Å². The number of para-hydroxylation sites is 1. The van der Waals surface area contributed by atoms with E-state index in [4.69, 9.17) is 0 Å². The molecule has 2 aliphatic rings. The molecule has 0 bridgehead atoms. The predicted molar refractivity (Wildman–Crippen MR) is 124 cm³/mol. The number of benzene rings is 2. The molecule has 4 amide bonds. The molecule has 7 nitrogen and oxygen atoms in total. The van der Waals surface area contributed by atoms with Gasteiger partial charge in [-0.25, -0.2) is 14.8 Å².